The summed E-state index contributed by atoms with van der Waals surface area (Å²) in [6.45, 7) is 4.84. The number of hydrogen-bond acceptors (Lipinski definition) is 3. The average molecular weight is 281 g/mol. The highest BCUT2D eigenvalue weighted by atomic mass is 19.1. The monoisotopic (exact) mass is 281 g/mol. The molecule has 0 aromatic heterocycles. The number of amides is 2. The van der Waals surface area contributed by atoms with Crippen LogP contribution in [-0.4, -0.2) is 48.3 Å². The summed E-state index contributed by atoms with van der Waals surface area (Å²) in [6, 6.07) is 3.60. The summed E-state index contributed by atoms with van der Waals surface area (Å²) < 4.78 is 13.2. The molecule has 1 aromatic carbocycles. The maximum absolute atomic E-state index is 13.2. The molecular weight excluding hydrogens is 261 g/mol. The van der Waals surface area contributed by atoms with E-state index in [0.29, 0.717) is 13.1 Å². The Hall–Kier alpha value is -2.11. The molecule has 2 N–H and O–H groups in total. The second kappa shape index (κ2) is 6.88. The first kappa shape index (κ1) is 15.9. The standard InChI is InChI=1S/C14H20FN3O2/c1-4-18(5-2)13(19)9-17(3)14(20)11-8-10(15)6-7-12(11)16/h6-8H,4-5,9,16H2,1-3H3. The third-order valence-electron chi connectivity index (χ3n) is 3.08. The smallest absolute Gasteiger partial charge is 0.256 e. The second-order valence-electron chi connectivity index (χ2n) is 4.46. The van der Waals surface area contributed by atoms with Crippen molar-refractivity contribution in [1.82, 2.24) is 9.80 Å². The van der Waals surface area contributed by atoms with Gasteiger partial charge in [-0.05, 0) is 32.0 Å². The van der Waals surface area contributed by atoms with Gasteiger partial charge in [0.1, 0.15) is 5.82 Å². The van der Waals surface area contributed by atoms with E-state index < -0.39 is 11.7 Å². The number of benzene rings is 1. The van der Waals surface area contributed by atoms with Gasteiger partial charge in [-0.15, -0.1) is 0 Å². The Labute approximate surface area is 118 Å². The van der Waals surface area contributed by atoms with Crippen LogP contribution in [0.2, 0.25) is 0 Å². The fourth-order valence-electron chi connectivity index (χ4n) is 1.87. The molecule has 0 saturated carbocycles. The van der Waals surface area contributed by atoms with Gasteiger partial charge in [-0.1, -0.05) is 0 Å². The fourth-order valence-corrected chi connectivity index (χ4v) is 1.87. The van der Waals surface area contributed by atoms with Gasteiger partial charge in [0.2, 0.25) is 5.91 Å². The summed E-state index contributed by atoms with van der Waals surface area (Å²) >= 11 is 0. The predicted octanol–water partition coefficient (Wildman–Crippen LogP) is 1.35. The van der Waals surface area contributed by atoms with Crippen LogP contribution in [0.3, 0.4) is 0 Å². The highest BCUT2D eigenvalue weighted by Gasteiger charge is 2.19. The van der Waals surface area contributed by atoms with Crippen molar-refractivity contribution < 1.29 is 14.0 Å². The lowest BCUT2D eigenvalue weighted by molar-refractivity contribution is -0.131. The Bertz CT molecular complexity index is 501. The Morgan fingerprint density at radius 1 is 1.25 bits per heavy atom. The van der Waals surface area contributed by atoms with Crippen LogP contribution in [0, 0.1) is 5.82 Å². The zero-order valence-corrected chi connectivity index (χ0v) is 12.0. The molecule has 0 unspecified atom stereocenters. The number of carbonyl (C=O) groups is 2. The van der Waals surface area contributed by atoms with Crippen LogP contribution in [0.1, 0.15) is 24.2 Å². The lowest BCUT2D eigenvalue weighted by Gasteiger charge is -2.23. The van der Waals surface area contributed by atoms with E-state index in [9.17, 15) is 14.0 Å². The molecule has 1 aromatic rings. The Kier molecular flexibility index (Phi) is 5.49. The van der Waals surface area contributed by atoms with E-state index in [1.165, 1.54) is 24.1 Å². The van der Waals surface area contributed by atoms with Crippen LogP contribution in [0.4, 0.5) is 10.1 Å². The number of rotatable bonds is 5. The van der Waals surface area contributed by atoms with Crippen molar-refractivity contribution >= 4 is 17.5 Å². The van der Waals surface area contributed by atoms with Crippen LogP contribution in [0.25, 0.3) is 0 Å². The molecule has 2 amide bonds. The van der Waals surface area contributed by atoms with Crippen molar-refractivity contribution in [3.63, 3.8) is 0 Å². The maximum atomic E-state index is 13.2. The first-order chi connectivity index (χ1) is 9.40. The molecule has 0 fully saturated rings. The van der Waals surface area contributed by atoms with Gasteiger partial charge in [0.15, 0.2) is 0 Å². The minimum Gasteiger partial charge on any atom is -0.398 e. The minimum absolute atomic E-state index is 0.0591. The van der Waals surface area contributed by atoms with Gasteiger partial charge in [-0.25, -0.2) is 4.39 Å². The molecule has 110 valence electrons. The molecule has 0 aliphatic carbocycles. The highest BCUT2D eigenvalue weighted by Crippen LogP contribution is 2.15. The van der Waals surface area contributed by atoms with Gasteiger partial charge in [0.05, 0.1) is 12.1 Å². The molecule has 0 spiro atoms. The predicted molar refractivity (Wildman–Crippen MR) is 75.7 cm³/mol. The van der Waals surface area contributed by atoms with Gasteiger partial charge >= 0.3 is 0 Å². The normalized spacial score (nSPS) is 10.2. The van der Waals surface area contributed by atoms with Crippen molar-refractivity contribution in [3.05, 3.63) is 29.6 Å². The first-order valence-electron chi connectivity index (χ1n) is 6.48. The molecule has 0 aliphatic heterocycles. The zero-order valence-electron chi connectivity index (χ0n) is 12.0. The molecule has 0 atom stereocenters. The van der Waals surface area contributed by atoms with E-state index in [0.717, 1.165) is 6.07 Å². The number of nitrogens with two attached hydrogens (primary N) is 1. The lowest BCUT2D eigenvalue weighted by Crippen LogP contribution is -2.41. The van der Waals surface area contributed by atoms with Gasteiger partial charge in [0.25, 0.3) is 5.91 Å². The third-order valence-corrected chi connectivity index (χ3v) is 3.08. The fraction of sp³-hybridized carbons (Fsp3) is 0.429. The largest absolute Gasteiger partial charge is 0.398 e. The lowest BCUT2D eigenvalue weighted by atomic mass is 10.1. The maximum Gasteiger partial charge on any atom is 0.256 e. The third kappa shape index (κ3) is 3.69. The molecule has 0 aliphatic rings. The van der Waals surface area contributed by atoms with E-state index in [-0.39, 0.29) is 23.7 Å². The SMILES string of the molecule is CCN(CC)C(=O)CN(C)C(=O)c1cc(F)ccc1N. The van der Waals surface area contributed by atoms with E-state index in [1.807, 2.05) is 13.8 Å². The van der Waals surface area contributed by atoms with Gasteiger partial charge in [-0.3, -0.25) is 9.59 Å². The molecule has 5 nitrogen and oxygen atoms in total. The molecule has 0 saturated heterocycles. The van der Waals surface area contributed by atoms with Crippen LogP contribution >= 0.6 is 0 Å². The van der Waals surface area contributed by atoms with Crippen molar-refractivity contribution in [2.75, 3.05) is 32.4 Å². The van der Waals surface area contributed by atoms with Crippen molar-refractivity contribution in [3.8, 4) is 0 Å². The Balaban J connectivity index is 2.82. The van der Waals surface area contributed by atoms with Gasteiger partial charge in [-0.2, -0.15) is 0 Å². The Morgan fingerprint density at radius 3 is 2.40 bits per heavy atom. The summed E-state index contributed by atoms with van der Waals surface area (Å²) in [6.07, 6.45) is 0. The summed E-state index contributed by atoms with van der Waals surface area (Å²) in [5.41, 5.74) is 5.92. The Morgan fingerprint density at radius 2 is 1.85 bits per heavy atom. The molecule has 20 heavy (non-hydrogen) atoms. The topological polar surface area (TPSA) is 66.6 Å². The summed E-state index contributed by atoms with van der Waals surface area (Å²) in [5, 5.41) is 0. The summed E-state index contributed by atoms with van der Waals surface area (Å²) in [4.78, 5) is 27.0. The van der Waals surface area contributed by atoms with Gasteiger partial charge < -0.3 is 15.5 Å². The van der Waals surface area contributed by atoms with E-state index >= 15 is 0 Å². The van der Waals surface area contributed by atoms with E-state index in [4.69, 9.17) is 5.73 Å². The number of likely N-dealkylation sites (N-methyl/N-ethyl adjacent to an activating group) is 2. The van der Waals surface area contributed by atoms with Crippen LogP contribution in [0.15, 0.2) is 18.2 Å². The number of halogens is 1. The highest BCUT2D eigenvalue weighted by molar-refractivity contribution is 6.00. The molecular formula is C14H20FN3O2. The minimum atomic E-state index is -0.536. The van der Waals surface area contributed by atoms with Gasteiger partial charge in [0, 0.05) is 25.8 Å². The molecule has 0 heterocycles. The number of hydrogen-bond donors (Lipinski definition) is 1. The quantitative estimate of drug-likeness (QED) is 0.828. The number of anilines is 1. The summed E-state index contributed by atoms with van der Waals surface area (Å²) in [7, 11) is 1.49. The van der Waals surface area contributed by atoms with E-state index in [1.54, 1.807) is 4.90 Å². The first-order valence-corrected chi connectivity index (χ1v) is 6.48. The van der Waals surface area contributed by atoms with Crippen LogP contribution < -0.4 is 5.73 Å². The molecule has 1 rings (SSSR count). The van der Waals surface area contributed by atoms with Crippen molar-refractivity contribution in [2.24, 2.45) is 0 Å². The molecule has 0 bridgehead atoms. The molecule has 6 heteroatoms. The van der Waals surface area contributed by atoms with E-state index in [2.05, 4.69) is 0 Å². The number of carbonyl (C=O) groups excluding carboxylic acids is 2. The second-order valence-corrected chi connectivity index (χ2v) is 4.46. The number of nitrogens with zero attached hydrogens (tertiary/aromatic N) is 2. The van der Waals surface area contributed by atoms with Crippen molar-refractivity contribution in [2.45, 2.75) is 13.8 Å². The average Bonchev–Trinajstić information content (AvgIpc) is 2.42. The van der Waals surface area contributed by atoms with Crippen LogP contribution in [0.5, 0.6) is 0 Å². The number of nitrogen functional groups attached to an aromatic ring is 1. The molecule has 0 radical (unpaired) electrons. The zero-order chi connectivity index (χ0) is 15.3. The van der Waals surface area contributed by atoms with Crippen molar-refractivity contribution in [1.29, 1.82) is 0 Å². The van der Waals surface area contributed by atoms with Crippen LogP contribution in [-0.2, 0) is 4.79 Å². The summed E-state index contributed by atoms with van der Waals surface area (Å²) in [5.74, 6) is -1.16.